The third-order valence-electron chi connectivity index (χ3n) is 3.88. The number of nitrogens with one attached hydrogen (secondary N) is 1. The fourth-order valence-electron chi connectivity index (χ4n) is 2.72. The number of aldehydes is 1. The number of hydrogen-bond acceptors (Lipinski definition) is 4. The Hall–Kier alpha value is -3.05. The lowest BCUT2D eigenvalue weighted by Crippen LogP contribution is -2.20. The Bertz CT molecular complexity index is 982. The monoisotopic (exact) mass is 383 g/mol. The third kappa shape index (κ3) is 4.38. The molecule has 0 heterocycles. The first-order valence-electron chi connectivity index (χ1n) is 8.44. The predicted octanol–water partition coefficient (Wildman–Crippen LogP) is 4.72. The molecule has 0 saturated heterocycles. The molecule has 1 N–H and O–H groups in total. The normalized spacial score (nSPS) is 10.4. The first-order valence-corrected chi connectivity index (χ1v) is 8.82. The van der Waals surface area contributed by atoms with E-state index in [0.29, 0.717) is 29.9 Å². The number of ether oxygens (including phenoxy) is 2. The summed E-state index contributed by atoms with van der Waals surface area (Å²) in [6, 6.07) is 16.4. The number of benzene rings is 3. The van der Waals surface area contributed by atoms with Gasteiger partial charge in [-0.15, -0.1) is 0 Å². The number of carbonyl (C=O) groups excluding carboxylic acids is 2. The number of fused-ring (bicyclic) bond motifs is 1. The smallest absolute Gasteiger partial charge is 0.262 e. The minimum Gasteiger partial charge on any atom is -0.490 e. The predicted molar refractivity (Wildman–Crippen MR) is 106 cm³/mol. The van der Waals surface area contributed by atoms with E-state index in [1.54, 1.807) is 6.92 Å². The molecule has 138 valence electrons. The largest absolute Gasteiger partial charge is 0.490 e. The van der Waals surface area contributed by atoms with Crippen molar-refractivity contribution in [2.75, 3.05) is 18.5 Å². The van der Waals surface area contributed by atoms with E-state index in [1.807, 2.05) is 42.5 Å². The standard InChI is InChI=1S/C21H18ClNO4/c1-2-26-19-11-14(12-24)10-17(22)21(19)27-13-20(25)23-18-9-5-7-15-6-3-4-8-16(15)18/h3-12H,2,13H2,1H3,(H,23,25). The van der Waals surface area contributed by atoms with Gasteiger partial charge in [0.25, 0.3) is 5.91 Å². The van der Waals surface area contributed by atoms with Gasteiger partial charge in [-0.1, -0.05) is 48.0 Å². The molecule has 0 fully saturated rings. The fourth-order valence-corrected chi connectivity index (χ4v) is 2.99. The van der Waals surface area contributed by atoms with E-state index >= 15 is 0 Å². The summed E-state index contributed by atoms with van der Waals surface area (Å²) in [5.41, 5.74) is 1.07. The molecule has 0 radical (unpaired) electrons. The van der Waals surface area contributed by atoms with Crippen molar-refractivity contribution in [3.8, 4) is 11.5 Å². The van der Waals surface area contributed by atoms with Crippen LogP contribution < -0.4 is 14.8 Å². The zero-order chi connectivity index (χ0) is 19.2. The minimum absolute atomic E-state index is 0.209. The molecule has 3 rings (SSSR count). The van der Waals surface area contributed by atoms with Crippen LogP contribution in [0.5, 0.6) is 11.5 Å². The Morgan fingerprint density at radius 3 is 2.67 bits per heavy atom. The van der Waals surface area contributed by atoms with Gasteiger partial charge in [0.05, 0.1) is 11.6 Å². The molecule has 0 aliphatic carbocycles. The second-order valence-corrected chi connectivity index (χ2v) is 6.15. The van der Waals surface area contributed by atoms with Crippen molar-refractivity contribution in [2.45, 2.75) is 6.92 Å². The zero-order valence-corrected chi connectivity index (χ0v) is 15.5. The van der Waals surface area contributed by atoms with Crippen molar-refractivity contribution in [1.82, 2.24) is 0 Å². The van der Waals surface area contributed by atoms with E-state index in [9.17, 15) is 9.59 Å². The molecule has 0 bridgehead atoms. The van der Waals surface area contributed by atoms with Crippen LogP contribution in [-0.2, 0) is 4.79 Å². The van der Waals surface area contributed by atoms with Crippen molar-refractivity contribution in [1.29, 1.82) is 0 Å². The summed E-state index contributed by atoms with van der Waals surface area (Å²) in [4.78, 5) is 23.3. The van der Waals surface area contributed by atoms with Crippen molar-refractivity contribution < 1.29 is 19.1 Å². The molecule has 1 amide bonds. The van der Waals surface area contributed by atoms with Crippen molar-refractivity contribution in [3.63, 3.8) is 0 Å². The van der Waals surface area contributed by atoms with Gasteiger partial charge in [-0.05, 0) is 30.5 Å². The number of halogens is 1. The van der Waals surface area contributed by atoms with Crippen LogP contribution >= 0.6 is 11.6 Å². The van der Waals surface area contributed by atoms with Gasteiger partial charge < -0.3 is 14.8 Å². The number of amides is 1. The first-order chi connectivity index (χ1) is 13.1. The van der Waals surface area contributed by atoms with Crippen LogP contribution in [0, 0.1) is 0 Å². The highest BCUT2D eigenvalue weighted by molar-refractivity contribution is 6.32. The molecular weight excluding hydrogens is 366 g/mol. The van der Waals surface area contributed by atoms with Crippen LogP contribution in [0.1, 0.15) is 17.3 Å². The van der Waals surface area contributed by atoms with Gasteiger partial charge in [-0.2, -0.15) is 0 Å². The Morgan fingerprint density at radius 2 is 1.89 bits per heavy atom. The van der Waals surface area contributed by atoms with Crippen molar-refractivity contribution in [3.05, 3.63) is 65.2 Å². The maximum Gasteiger partial charge on any atom is 0.262 e. The zero-order valence-electron chi connectivity index (χ0n) is 14.7. The lowest BCUT2D eigenvalue weighted by molar-refractivity contribution is -0.118. The van der Waals surface area contributed by atoms with Gasteiger partial charge in [-0.25, -0.2) is 0 Å². The molecule has 0 saturated carbocycles. The minimum atomic E-state index is -0.329. The van der Waals surface area contributed by atoms with Gasteiger partial charge >= 0.3 is 0 Å². The van der Waals surface area contributed by atoms with Crippen LogP contribution in [0.25, 0.3) is 10.8 Å². The molecule has 0 aromatic heterocycles. The number of carbonyl (C=O) groups is 2. The van der Waals surface area contributed by atoms with Crippen LogP contribution in [0.2, 0.25) is 5.02 Å². The van der Waals surface area contributed by atoms with Crippen molar-refractivity contribution >= 4 is 40.3 Å². The lowest BCUT2D eigenvalue weighted by atomic mass is 10.1. The van der Waals surface area contributed by atoms with E-state index < -0.39 is 0 Å². The average molecular weight is 384 g/mol. The van der Waals surface area contributed by atoms with Gasteiger partial charge in [0.15, 0.2) is 18.1 Å². The Morgan fingerprint density at radius 1 is 1.11 bits per heavy atom. The number of hydrogen-bond donors (Lipinski definition) is 1. The van der Waals surface area contributed by atoms with Crippen LogP contribution in [-0.4, -0.2) is 25.4 Å². The lowest BCUT2D eigenvalue weighted by Gasteiger charge is -2.14. The van der Waals surface area contributed by atoms with Gasteiger partial charge in [0, 0.05) is 16.6 Å². The van der Waals surface area contributed by atoms with Crippen LogP contribution in [0.3, 0.4) is 0 Å². The van der Waals surface area contributed by atoms with E-state index in [2.05, 4.69) is 5.32 Å². The van der Waals surface area contributed by atoms with E-state index in [4.69, 9.17) is 21.1 Å². The summed E-state index contributed by atoms with van der Waals surface area (Å²) in [5.74, 6) is 0.228. The number of anilines is 1. The highest BCUT2D eigenvalue weighted by Gasteiger charge is 2.15. The summed E-state index contributed by atoms with van der Waals surface area (Å²) in [7, 11) is 0. The summed E-state index contributed by atoms with van der Waals surface area (Å²) in [5, 5.41) is 5.03. The summed E-state index contributed by atoms with van der Waals surface area (Å²) in [6.07, 6.45) is 0.672. The fraction of sp³-hybridized carbons (Fsp3) is 0.143. The SMILES string of the molecule is CCOc1cc(C=O)cc(Cl)c1OCC(=O)Nc1cccc2ccccc12. The van der Waals surface area contributed by atoms with Gasteiger partial charge in [-0.3, -0.25) is 9.59 Å². The molecule has 0 aliphatic heterocycles. The average Bonchev–Trinajstić information content (AvgIpc) is 2.67. The second kappa shape index (κ2) is 8.56. The Balaban J connectivity index is 1.75. The highest BCUT2D eigenvalue weighted by atomic mass is 35.5. The third-order valence-corrected chi connectivity index (χ3v) is 4.16. The summed E-state index contributed by atoms with van der Waals surface area (Å²) in [6.45, 7) is 1.93. The Labute approximate surface area is 161 Å². The van der Waals surface area contributed by atoms with Gasteiger partial charge in [0.2, 0.25) is 0 Å². The molecular formula is C21H18ClNO4. The van der Waals surface area contributed by atoms with Crippen molar-refractivity contribution in [2.24, 2.45) is 0 Å². The summed E-state index contributed by atoms with van der Waals surface area (Å²) >= 11 is 6.18. The maximum absolute atomic E-state index is 12.4. The van der Waals surface area contributed by atoms with E-state index in [0.717, 1.165) is 10.8 Å². The van der Waals surface area contributed by atoms with Crippen LogP contribution in [0.15, 0.2) is 54.6 Å². The number of rotatable bonds is 7. The molecule has 3 aromatic carbocycles. The first kappa shape index (κ1) is 18.7. The molecule has 5 nitrogen and oxygen atoms in total. The summed E-state index contributed by atoms with van der Waals surface area (Å²) < 4.78 is 11.0. The topological polar surface area (TPSA) is 64.6 Å². The second-order valence-electron chi connectivity index (χ2n) is 5.74. The highest BCUT2D eigenvalue weighted by Crippen LogP contribution is 2.36. The van der Waals surface area contributed by atoms with Crippen LogP contribution in [0.4, 0.5) is 5.69 Å². The molecule has 0 spiro atoms. The maximum atomic E-state index is 12.4. The van der Waals surface area contributed by atoms with E-state index in [-0.39, 0.29) is 23.3 Å². The molecule has 0 unspecified atom stereocenters. The van der Waals surface area contributed by atoms with E-state index in [1.165, 1.54) is 12.1 Å². The molecule has 3 aromatic rings. The molecule has 27 heavy (non-hydrogen) atoms. The molecule has 0 aliphatic rings. The van der Waals surface area contributed by atoms with Gasteiger partial charge in [0.1, 0.15) is 6.29 Å². The Kier molecular flexibility index (Phi) is 5.94. The molecule has 0 atom stereocenters. The quantitative estimate of drug-likeness (QED) is 0.599. The molecule has 6 heteroatoms.